The predicted molar refractivity (Wildman–Crippen MR) is 94.4 cm³/mol. The van der Waals surface area contributed by atoms with Gasteiger partial charge in [0.2, 0.25) is 11.8 Å². The second-order valence-corrected chi connectivity index (χ2v) is 5.33. The molecular formula is C18H18N4O3. The molecule has 0 saturated carbocycles. The van der Waals surface area contributed by atoms with Gasteiger partial charge in [-0.1, -0.05) is 23.3 Å². The number of methoxy groups -OCH3 is 1. The molecule has 0 saturated heterocycles. The topological polar surface area (TPSA) is 89.3 Å². The number of aromatic nitrogens is 2. The number of para-hydroxylation sites is 1. The van der Waals surface area contributed by atoms with Crippen LogP contribution in [0.25, 0.3) is 11.5 Å². The lowest BCUT2D eigenvalue weighted by atomic mass is 10.2. The average Bonchev–Trinajstić information content (AvgIpc) is 3.09. The van der Waals surface area contributed by atoms with Crippen LogP contribution in [0.2, 0.25) is 0 Å². The second-order valence-electron chi connectivity index (χ2n) is 5.33. The first-order chi connectivity index (χ1) is 12.2. The molecule has 3 rings (SSSR count). The van der Waals surface area contributed by atoms with Gasteiger partial charge in [-0.15, -0.1) is 5.10 Å². The fourth-order valence-electron chi connectivity index (χ4n) is 2.30. The summed E-state index contributed by atoms with van der Waals surface area (Å²) in [6, 6.07) is 15.2. The number of nitrogens with one attached hydrogen (secondary N) is 2. The van der Waals surface area contributed by atoms with Crippen molar-refractivity contribution in [1.29, 1.82) is 0 Å². The number of anilines is 2. The second kappa shape index (κ2) is 7.48. The molecule has 0 spiro atoms. The molecule has 7 heteroatoms. The summed E-state index contributed by atoms with van der Waals surface area (Å²) in [7, 11) is 1.61. The summed E-state index contributed by atoms with van der Waals surface area (Å²) in [4.78, 5) is 11.3. The first-order valence-electron chi connectivity index (χ1n) is 7.73. The van der Waals surface area contributed by atoms with Crippen molar-refractivity contribution in [2.45, 2.75) is 13.5 Å². The van der Waals surface area contributed by atoms with E-state index in [9.17, 15) is 4.79 Å². The third-order valence-corrected chi connectivity index (χ3v) is 3.52. The molecule has 0 aliphatic rings. The Bertz CT molecular complexity index is 859. The third-order valence-electron chi connectivity index (χ3n) is 3.52. The van der Waals surface area contributed by atoms with Crippen LogP contribution >= 0.6 is 0 Å². The highest BCUT2D eigenvalue weighted by atomic mass is 16.5. The van der Waals surface area contributed by atoms with E-state index in [0.29, 0.717) is 18.5 Å². The number of nitrogens with zero attached hydrogens (tertiary/aromatic N) is 2. The number of ether oxygens (including phenoxy) is 1. The van der Waals surface area contributed by atoms with Crippen molar-refractivity contribution in [1.82, 2.24) is 10.2 Å². The first-order valence-corrected chi connectivity index (χ1v) is 7.73. The standard InChI is InChI=1S/C18H18N4O3/c1-12(23)20-16-6-4-3-5-14(16)11-19-18-22-21-17(25-18)13-7-9-15(24-2)10-8-13/h3-10H,11H2,1-2H3,(H,19,22)(H,20,23). The van der Waals surface area contributed by atoms with E-state index in [1.54, 1.807) is 7.11 Å². The molecule has 0 radical (unpaired) electrons. The minimum atomic E-state index is -0.118. The van der Waals surface area contributed by atoms with E-state index in [2.05, 4.69) is 20.8 Å². The van der Waals surface area contributed by atoms with Crippen LogP contribution < -0.4 is 15.4 Å². The van der Waals surface area contributed by atoms with Gasteiger partial charge in [0.1, 0.15) is 5.75 Å². The molecule has 0 bridgehead atoms. The molecule has 0 atom stereocenters. The van der Waals surface area contributed by atoms with E-state index < -0.39 is 0 Å². The highest BCUT2D eigenvalue weighted by molar-refractivity contribution is 5.89. The summed E-state index contributed by atoms with van der Waals surface area (Å²) in [6.45, 7) is 1.92. The Morgan fingerprint density at radius 3 is 2.60 bits per heavy atom. The molecular weight excluding hydrogens is 320 g/mol. The minimum absolute atomic E-state index is 0.118. The number of carbonyl (C=O) groups is 1. The van der Waals surface area contributed by atoms with Crippen molar-refractivity contribution in [3.05, 3.63) is 54.1 Å². The van der Waals surface area contributed by atoms with Gasteiger partial charge in [-0.05, 0) is 35.9 Å². The van der Waals surface area contributed by atoms with Crippen molar-refractivity contribution in [3.63, 3.8) is 0 Å². The third kappa shape index (κ3) is 4.14. The summed E-state index contributed by atoms with van der Waals surface area (Å²) < 4.78 is 10.8. The van der Waals surface area contributed by atoms with E-state index in [0.717, 1.165) is 22.6 Å². The molecule has 3 aromatic rings. The Morgan fingerprint density at radius 2 is 1.88 bits per heavy atom. The molecule has 7 nitrogen and oxygen atoms in total. The molecule has 2 N–H and O–H groups in total. The van der Waals surface area contributed by atoms with Gasteiger partial charge >= 0.3 is 6.01 Å². The molecule has 1 aromatic heterocycles. The smallest absolute Gasteiger partial charge is 0.316 e. The molecule has 1 amide bonds. The SMILES string of the molecule is COc1ccc(-c2nnc(NCc3ccccc3NC(C)=O)o2)cc1. The average molecular weight is 338 g/mol. The van der Waals surface area contributed by atoms with Crippen molar-refractivity contribution in [2.24, 2.45) is 0 Å². The number of carbonyl (C=O) groups excluding carboxylic acids is 1. The molecule has 25 heavy (non-hydrogen) atoms. The number of amides is 1. The monoisotopic (exact) mass is 338 g/mol. The van der Waals surface area contributed by atoms with E-state index in [1.807, 2.05) is 48.5 Å². The Labute approximate surface area is 145 Å². The molecule has 2 aromatic carbocycles. The molecule has 0 aliphatic heterocycles. The molecule has 1 heterocycles. The van der Waals surface area contributed by atoms with Crippen LogP contribution in [0.1, 0.15) is 12.5 Å². The van der Waals surface area contributed by atoms with Gasteiger partial charge in [0.05, 0.1) is 7.11 Å². The largest absolute Gasteiger partial charge is 0.497 e. The minimum Gasteiger partial charge on any atom is -0.497 e. The molecule has 128 valence electrons. The van der Waals surface area contributed by atoms with E-state index >= 15 is 0 Å². The molecule has 0 fully saturated rings. The number of rotatable bonds is 6. The van der Waals surface area contributed by atoms with Gasteiger partial charge in [0.25, 0.3) is 0 Å². The van der Waals surface area contributed by atoms with Crippen molar-refractivity contribution < 1.29 is 13.9 Å². The van der Waals surface area contributed by atoms with Gasteiger partial charge in [0, 0.05) is 24.7 Å². The lowest BCUT2D eigenvalue weighted by molar-refractivity contribution is -0.114. The number of hydrogen-bond donors (Lipinski definition) is 2. The number of benzene rings is 2. The summed E-state index contributed by atoms with van der Waals surface area (Å²) in [6.07, 6.45) is 0. The van der Waals surface area contributed by atoms with E-state index in [4.69, 9.17) is 9.15 Å². The zero-order valence-electron chi connectivity index (χ0n) is 13.9. The van der Waals surface area contributed by atoms with Crippen molar-refractivity contribution in [3.8, 4) is 17.2 Å². The maximum atomic E-state index is 11.3. The zero-order chi connectivity index (χ0) is 17.6. The zero-order valence-corrected chi connectivity index (χ0v) is 13.9. The summed E-state index contributed by atoms with van der Waals surface area (Å²) in [5.41, 5.74) is 2.47. The molecule has 0 aliphatic carbocycles. The molecule has 0 unspecified atom stereocenters. The van der Waals surface area contributed by atoms with Crippen LogP contribution in [-0.2, 0) is 11.3 Å². The fraction of sp³-hybridized carbons (Fsp3) is 0.167. The van der Waals surface area contributed by atoms with Gasteiger partial charge < -0.3 is 19.8 Å². The Hall–Kier alpha value is -3.35. The highest BCUT2D eigenvalue weighted by Gasteiger charge is 2.09. The van der Waals surface area contributed by atoms with Gasteiger partial charge in [-0.3, -0.25) is 4.79 Å². The Balaban J connectivity index is 1.69. The van der Waals surface area contributed by atoms with Crippen molar-refractivity contribution >= 4 is 17.6 Å². The van der Waals surface area contributed by atoms with Crippen molar-refractivity contribution in [2.75, 3.05) is 17.7 Å². The highest BCUT2D eigenvalue weighted by Crippen LogP contribution is 2.23. The van der Waals surface area contributed by atoms with Crippen LogP contribution in [-0.4, -0.2) is 23.2 Å². The van der Waals surface area contributed by atoms with Gasteiger partial charge in [-0.25, -0.2) is 0 Å². The van der Waals surface area contributed by atoms with Gasteiger partial charge in [-0.2, -0.15) is 0 Å². The van der Waals surface area contributed by atoms with E-state index in [1.165, 1.54) is 6.92 Å². The maximum absolute atomic E-state index is 11.3. The lowest BCUT2D eigenvalue weighted by Gasteiger charge is -2.09. The predicted octanol–water partition coefficient (Wildman–Crippen LogP) is 3.32. The normalized spacial score (nSPS) is 10.3. The lowest BCUT2D eigenvalue weighted by Crippen LogP contribution is -2.10. The Morgan fingerprint density at radius 1 is 1.12 bits per heavy atom. The van der Waals surface area contributed by atoms with Crippen LogP contribution in [0, 0.1) is 0 Å². The first kappa shape index (κ1) is 16.5. The Kier molecular flexibility index (Phi) is 4.94. The quantitative estimate of drug-likeness (QED) is 0.717. The van der Waals surface area contributed by atoms with E-state index in [-0.39, 0.29) is 5.91 Å². The fourth-order valence-corrected chi connectivity index (χ4v) is 2.30. The van der Waals surface area contributed by atoms with Crippen LogP contribution in [0.4, 0.5) is 11.7 Å². The van der Waals surface area contributed by atoms with Gasteiger partial charge in [0.15, 0.2) is 0 Å². The van der Waals surface area contributed by atoms with Crippen LogP contribution in [0.3, 0.4) is 0 Å². The summed E-state index contributed by atoms with van der Waals surface area (Å²) >= 11 is 0. The maximum Gasteiger partial charge on any atom is 0.316 e. The van der Waals surface area contributed by atoms with Crippen LogP contribution in [0.15, 0.2) is 52.9 Å². The number of hydrogen-bond acceptors (Lipinski definition) is 6. The summed E-state index contributed by atoms with van der Waals surface area (Å²) in [5.74, 6) is 1.06. The summed E-state index contributed by atoms with van der Waals surface area (Å²) in [5, 5.41) is 13.9. The van der Waals surface area contributed by atoms with Crippen LogP contribution in [0.5, 0.6) is 5.75 Å².